The number of rotatable bonds is 7. The van der Waals surface area contributed by atoms with Gasteiger partial charge in [-0.3, -0.25) is 9.59 Å². The van der Waals surface area contributed by atoms with E-state index in [0.717, 1.165) is 12.2 Å². The van der Waals surface area contributed by atoms with Gasteiger partial charge in [0, 0.05) is 18.8 Å². The van der Waals surface area contributed by atoms with Crippen LogP contribution < -0.4 is 16.6 Å². The topological polar surface area (TPSA) is 77.1 Å². The van der Waals surface area contributed by atoms with Gasteiger partial charge in [-0.1, -0.05) is 6.92 Å². The van der Waals surface area contributed by atoms with E-state index in [1.54, 1.807) is 28.6 Å². The zero-order valence-electron chi connectivity index (χ0n) is 11.4. The van der Waals surface area contributed by atoms with Crippen molar-refractivity contribution >= 4 is 23.4 Å². The molecule has 106 valence electrons. The first-order valence-electron chi connectivity index (χ1n) is 6.34. The zero-order chi connectivity index (χ0) is 14.3. The average molecular weight is 283 g/mol. The summed E-state index contributed by atoms with van der Waals surface area (Å²) in [6.07, 6.45) is 5.14. The van der Waals surface area contributed by atoms with E-state index in [1.165, 1.54) is 6.07 Å². The molecule has 0 saturated heterocycles. The zero-order valence-corrected chi connectivity index (χ0v) is 12.2. The Labute approximate surface area is 117 Å². The molecule has 1 heterocycles. The van der Waals surface area contributed by atoms with Crippen LogP contribution in [0.15, 0.2) is 23.1 Å². The van der Waals surface area contributed by atoms with Gasteiger partial charge in [-0.05, 0) is 30.9 Å². The summed E-state index contributed by atoms with van der Waals surface area (Å²) in [5.41, 5.74) is 6.33. The molecule has 0 bridgehead atoms. The second kappa shape index (κ2) is 8.01. The number of carbonyl (C=O) groups excluding carboxylic acids is 1. The van der Waals surface area contributed by atoms with E-state index in [0.29, 0.717) is 18.7 Å². The standard InChI is InChI=1S/C13H21N3O2S/c1-3-7-16-9-10(4-5-12(16)17)15-13(18)11(14)6-8-19-2/h4-5,9,11H,3,6-8,14H2,1-2H3,(H,15,18)/t11-/m1/s1. The SMILES string of the molecule is CCCn1cc(NC(=O)[C@H](N)CCSC)ccc1=O. The number of carbonyl (C=O) groups is 1. The number of nitrogens with two attached hydrogens (primary N) is 1. The van der Waals surface area contributed by atoms with Crippen molar-refractivity contribution in [2.75, 3.05) is 17.3 Å². The fraction of sp³-hybridized carbons (Fsp3) is 0.538. The Balaban J connectivity index is 2.68. The fourth-order valence-corrected chi connectivity index (χ4v) is 2.12. The molecule has 0 radical (unpaired) electrons. The van der Waals surface area contributed by atoms with Crippen LogP contribution in [-0.2, 0) is 11.3 Å². The van der Waals surface area contributed by atoms with E-state index in [1.807, 2.05) is 13.2 Å². The Bertz CT molecular complexity index is 473. The van der Waals surface area contributed by atoms with Crippen LogP contribution in [-0.4, -0.2) is 28.5 Å². The van der Waals surface area contributed by atoms with E-state index in [-0.39, 0.29) is 11.5 Å². The monoisotopic (exact) mass is 283 g/mol. The van der Waals surface area contributed by atoms with E-state index in [9.17, 15) is 9.59 Å². The summed E-state index contributed by atoms with van der Waals surface area (Å²) in [7, 11) is 0. The molecule has 0 aliphatic carbocycles. The number of thioether (sulfide) groups is 1. The lowest BCUT2D eigenvalue weighted by Gasteiger charge is -2.12. The highest BCUT2D eigenvalue weighted by Crippen LogP contribution is 2.06. The van der Waals surface area contributed by atoms with Crippen molar-refractivity contribution in [2.24, 2.45) is 5.73 Å². The average Bonchev–Trinajstić information content (AvgIpc) is 2.40. The summed E-state index contributed by atoms with van der Waals surface area (Å²) in [4.78, 5) is 23.4. The smallest absolute Gasteiger partial charge is 0.250 e. The highest BCUT2D eigenvalue weighted by molar-refractivity contribution is 7.98. The number of hydrogen-bond donors (Lipinski definition) is 2. The number of anilines is 1. The number of aromatic nitrogens is 1. The second-order valence-electron chi connectivity index (χ2n) is 4.33. The molecule has 1 amide bonds. The minimum Gasteiger partial charge on any atom is -0.323 e. The van der Waals surface area contributed by atoms with Crippen LogP contribution in [0.2, 0.25) is 0 Å². The number of amides is 1. The Kier molecular flexibility index (Phi) is 6.66. The number of hydrogen-bond acceptors (Lipinski definition) is 4. The van der Waals surface area contributed by atoms with Crippen molar-refractivity contribution in [3.05, 3.63) is 28.7 Å². The van der Waals surface area contributed by atoms with Gasteiger partial charge in [0.1, 0.15) is 0 Å². The lowest BCUT2D eigenvalue weighted by molar-refractivity contribution is -0.117. The van der Waals surface area contributed by atoms with Crippen molar-refractivity contribution in [1.82, 2.24) is 4.57 Å². The summed E-state index contributed by atoms with van der Waals surface area (Å²) < 4.78 is 1.59. The van der Waals surface area contributed by atoms with Gasteiger partial charge in [-0.2, -0.15) is 11.8 Å². The van der Waals surface area contributed by atoms with Crippen molar-refractivity contribution < 1.29 is 4.79 Å². The Hall–Kier alpha value is -1.27. The second-order valence-corrected chi connectivity index (χ2v) is 5.31. The summed E-state index contributed by atoms with van der Waals surface area (Å²) in [6.45, 7) is 2.64. The molecule has 0 saturated carbocycles. The number of aryl methyl sites for hydroxylation is 1. The Morgan fingerprint density at radius 2 is 2.26 bits per heavy atom. The molecule has 6 heteroatoms. The minimum atomic E-state index is -0.515. The third-order valence-corrected chi connectivity index (χ3v) is 3.33. The molecule has 1 aromatic rings. The molecule has 19 heavy (non-hydrogen) atoms. The summed E-state index contributed by atoms with van der Waals surface area (Å²) in [5.74, 6) is 0.639. The molecule has 1 atom stereocenters. The van der Waals surface area contributed by atoms with Gasteiger partial charge in [-0.25, -0.2) is 0 Å². The van der Waals surface area contributed by atoms with Crippen LogP contribution in [0.25, 0.3) is 0 Å². The predicted molar refractivity (Wildman–Crippen MR) is 80.6 cm³/mol. The van der Waals surface area contributed by atoms with Gasteiger partial charge in [0.25, 0.3) is 5.56 Å². The van der Waals surface area contributed by atoms with Crippen LogP contribution in [0, 0.1) is 0 Å². The Morgan fingerprint density at radius 3 is 2.89 bits per heavy atom. The summed E-state index contributed by atoms with van der Waals surface area (Å²) in [5, 5.41) is 2.74. The van der Waals surface area contributed by atoms with Gasteiger partial charge in [-0.15, -0.1) is 0 Å². The molecular weight excluding hydrogens is 262 g/mol. The van der Waals surface area contributed by atoms with E-state index >= 15 is 0 Å². The molecule has 1 aromatic heterocycles. The maximum absolute atomic E-state index is 11.8. The molecule has 0 aliphatic rings. The van der Waals surface area contributed by atoms with Gasteiger partial charge < -0.3 is 15.6 Å². The number of nitrogens with one attached hydrogen (secondary N) is 1. The van der Waals surface area contributed by atoms with Gasteiger partial charge in [0.2, 0.25) is 5.91 Å². The first-order chi connectivity index (χ1) is 9.08. The van der Waals surface area contributed by atoms with Crippen molar-refractivity contribution in [3.63, 3.8) is 0 Å². The van der Waals surface area contributed by atoms with Gasteiger partial charge in [0.05, 0.1) is 11.7 Å². The lowest BCUT2D eigenvalue weighted by Crippen LogP contribution is -2.36. The molecule has 1 rings (SSSR count). The van der Waals surface area contributed by atoms with E-state index < -0.39 is 6.04 Å². The molecule has 0 aromatic carbocycles. The van der Waals surface area contributed by atoms with Crippen molar-refractivity contribution in [3.8, 4) is 0 Å². The lowest BCUT2D eigenvalue weighted by atomic mass is 10.2. The maximum Gasteiger partial charge on any atom is 0.250 e. The third-order valence-electron chi connectivity index (χ3n) is 2.69. The van der Waals surface area contributed by atoms with E-state index in [4.69, 9.17) is 5.73 Å². The van der Waals surface area contributed by atoms with E-state index in [2.05, 4.69) is 5.32 Å². The van der Waals surface area contributed by atoms with Gasteiger partial charge in [0.15, 0.2) is 0 Å². The third kappa shape index (κ3) is 5.08. The molecule has 0 spiro atoms. The Morgan fingerprint density at radius 1 is 1.53 bits per heavy atom. The summed E-state index contributed by atoms with van der Waals surface area (Å²) in [6, 6.07) is 2.55. The number of nitrogens with zero attached hydrogens (tertiary/aromatic N) is 1. The van der Waals surface area contributed by atoms with Crippen LogP contribution in [0.1, 0.15) is 19.8 Å². The maximum atomic E-state index is 11.8. The minimum absolute atomic E-state index is 0.0634. The highest BCUT2D eigenvalue weighted by atomic mass is 32.2. The van der Waals surface area contributed by atoms with Crippen molar-refractivity contribution in [1.29, 1.82) is 0 Å². The quantitative estimate of drug-likeness (QED) is 0.790. The normalized spacial score (nSPS) is 12.2. The van der Waals surface area contributed by atoms with Crippen LogP contribution >= 0.6 is 11.8 Å². The molecular formula is C13H21N3O2S. The number of pyridine rings is 1. The molecule has 3 N–H and O–H groups in total. The van der Waals surface area contributed by atoms with Crippen LogP contribution in [0.5, 0.6) is 0 Å². The molecule has 0 aliphatic heterocycles. The largest absolute Gasteiger partial charge is 0.323 e. The molecule has 5 nitrogen and oxygen atoms in total. The first-order valence-corrected chi connectivity index (χ1v) is 7.73. The van der Waals surface area contributed by atoms with Crippen LogP contribution in [0.4, 0.5) is 5.69 Å². The van der Waals surface area contributed by atoms with Crippen LogP contribution in [0.3, 0.4) is 0 Å². The first kappa shape index (κ1) is 15.8. The highest BCUT2D eigenvalue weighted by Gasteiger charge is 2.13. The summed E-state index contributed by atoms with van der Waals surface area (Å²) >= 11 is 1.66. The van der Waals surface area contributed by atoms with Crippen molar-refractivity contribution in [2.45, 2.75) is 32.4 Å². The fourth-order valence-electron chi connectivity index (χ4n) is 1.63. The van der Waals surface area contributed by atoms with Gasteiger partial charge >= 0.3 is 0 Å². The predicted octanol–water partition coefficient (Wildman–Crippen LogP) is 1.28. The molecule has 0 unspecified atom stereocenters. The molecule has 0 fully saturated rings.